The summed E-state index contributed by atoms with van der Waals surface area (Å²) >= 11 is 0. The van der Waals surface area contributed by atoms with Gasteiger partial charge in [0.25, 0.3) is 15.9 Å². The van der Waals surface area contributed by atoms with Gasteiger partial charge < -0.3 is 5.32 Å². The second kappa shape index (κ2) is 15.9. The van der Waals surface area contributed by atoms with E-state index in [1.165, 1.54) is 62.8 Å². The van der Waals surface area contributed by atoms with Crippen LogP contribution in [0.2, 0.25) is 0 Å². The summed E-state index contributed by atoms with van der Waals surface area (Å²) in [4.78, 5) is 12.2. The molecule has 2 rings (SSSR count). The van der Waals surface area contributed by atoms with E-state index in [0.29, 0.717) is 13.0 Å². The summed E-state index contributed by atoms with van der Waals surface area (Å²) in [6, 6.07) is 8.90. The zero-order valence-corrected chi connectivity index (χ0v) is 21.5. The molecule has 2 aromatic carbocycles. The number of unbranched alkanes of at least 4 members (excludes halogenated alkanes) is 8. The number of hydrogen-bond acceptors (Lipinski definition) is 4. The molecule has 0 aliphatic rings. The minimum absolute atomic E-state index is 0.124. The van der Waals surface area contributed by atoms with Crippen molar-refractivity contribution in [3.63, 3.8) is 0 Å². The van der Waals surface area contributed by atoms with Gasteiger partial charge in [-0.25, -0.2) is 21.9 Å². The predicted octanol–water partition coefficient (Wildman–Crippen LogP) is 7.14. The van der Waals surface area contributed by atoms with Gasteiger partial charge in [0.05, 0.1) is 4.90 Å². The van der Waals surface area contributed by atoms with E-state index in [1.807, 2.05) is 10.8 Å². The smallest absolute Gasteiger partial charge is 0.265 e. The molecule has 2 aromatic rings. The molecule has 0 atom stereocenters. The number of hydrogen-bond donors (Lipinski definition) is 2. The quantitative estimate of drug-likeness (QED) is 0.172. The van der Waals surface area contributed by atoms with E-state index in [2.05, 4.69) is 24.0 Å². The summed E-state index contributed by atoms with van der Waals surface area (Å²) in [7, 11) is -4.15. The van der Waals surface area contributed by atoms with Gasteiger partial charge in [0.15, 0.2) is 0 Å². The highest BCUT2D eigenvalue weighted by Gasteiger charge is 2.21. The largest absolute Gasteiger partial charge is 0.380 e. The van der Waals surface area contributed by atoms with E-state index in [4.69, 9.17) is 0 Å². The fourth-order valence-electron chi connectivity index (χ4n) is 3.64. The first-order valence-electron chi connectivity index (χ1n) is 12.5. The molecule has 0 heterocycles. The second-order valence-electron chi connectivity index (χ2n) is 8.59. The molecule has 8 heteroatoms. The Morgan fingerprint density at radius 2 is 1.39 bits per heavy atom. The van der Waals surface area contributed by atoms with Crippen LogP contribution in [0.1, 0.15) is 74.6 Å². The molecule has 0 spiro atoms. The molecule has 0 unspecified atom stereocenters. The summed E-state index contributed by atoms with van der Waals surface area (Å²) in [5.74, 6) is -3.03. The molecule has 1 amide bonds. The fraction of sp³-hybridized carbons (Fsp3) is 0.393. The Labute approximate surface area is 213 Å². The van der Waals surface area contributed by atoms with E-state index < -0.39 is 33.1 Å². The van der Waals surface area contributed by atoms with Crippen molar-refractivity contribution in [2.45, 2.75) is 69.1 Å². The summed E-state index contributed by atoms with van der Waals surface area (Å²) in [6.07, 6.45) is 17.2. The molecule has 0 saturated heterocycles. The third kappa shape index (κ3) is 10.3. The number of benzene rings is 2. The molecule has 0 aliphatic carbocycles. The average Bonchev–Trinajstić information content (AvgIpc) is 2.85. The molecular weight excluding hydrogens is 482 g/mol. The topological polar surface area (TPSA) is 75.3 Å². The molecule has 0 aromatic heterocycles. The Hall–Kier alpha value is -3.00. The molecule has 196 valence electrons. The first-order valence-corrected chi connectivity index (χ1v) is 13.9. The van der Waals surface area contributed by atoms with Crippen LogP contribution in [0.15, 0.2) is 72.2 Å². The third-order valence-electron chi connectivity index (χ3n) is 5.63. The Balaban J connectivity index is 1.71. The Bertz CT molecular complexity index is 1080. The van der Waals surface area contributed by atoms with Crippen molar-refractivity contribution in [1.29, 1.82) is 0 Å². The Morgan fingerprint density at radius 1 is 0.833 bits per heavy atom. The van der Waals surface area contributed by atoms with Crippen molar-refractivity contribution in [2.24, 2.45) is 0 Å². The average molecular weight is 519 g/mol. The first-order chi connectivity index (χ1) is 17.3. The second-order valence-corrected chi connectivity index (χ2v) is 10.3. The van der Waals surface area contributed by atoms with E-state index in [1.54, 1.807) is 6.07 Å². The van der Waals surface area contributed by atoms with Crippen molar-refractivity contribution in [3.05, 3.63) is 84.5 Å². The van der Waals surface area contributed by atoms with Gasteiger partial charge in [-0.1, -0.05) is 62.1 Å². The van der Waals surface area contributed by atoms with Crippen molar-refractivity contribution in [3.8, 4) is 0 Å². The van der Waals surface area contributed by atoms with Crippen LogP contribution >= 0.6 is 0 Å². The lowest BCUT2D eigenvalue weighted by Gasteiger charge is -2.11. The number of rotatable bonds is 17. The zero-order valence-electron chi connectivity index (χ0n) is 20.6. The van der Waals surface area contributed by atoms with Crippen LogP contribution in [0.5, 0.6) is 0 Å². The maximum Gasteiger partial charge on any atom is 0.265 e. The highest BCUT2D eigenvalue weighted by molar-refractivity contribution is 7.90. The number of sulfonamides is 1. The molecule has 0 aliphatic heterocycles. The minimum atomic E-state index is -4.15. The van der Waals surface area contributed by atoms with Crippen LogP contribution in [-0.2, 0) is 10.0 Å². The highest BCUT2D eigenvalue weighted by Crippen LogP contribution is 2.21. The summed E-state index contributed by atoms with van der Waals surface area (Å²) in [5.41, 5.74) is -0.760. The fourth-order valence-corrected chi connectivity index (χ4v) is 4.63. The minimum Gasteiger partial charge on any atom is -0.380 e. The van der Waals surface area contributed by atoms with Gasteiger partial charge in [0.1, 0.15) is 17.3 Å². The standard InChI is InChI=1S/C28H36F2N2O3S/c1-2-3-4-5-6-7-8-9-10-11-12-13-17-20-31-27-25(29)21-23(22-26(27)30)28(33)32-36(34,35)24-18-15-14-16-19-24/h2,11-12,14-16,18-19,21-22,31H,1,3-10,13,17,20H2,(H,32,33). The Kier molecular flexibility index (Phi) is 12.9. The van der Waals surface area contributed by atoms with Gasteiger partial charge in [-0.05, 0) is 62.8 Å². The lowest BCUT2D eigenvalue weighted by atomic mass is 10.1. The summed E-state index contributed by atoms with van der Waals surface area (Å²) < 4.78 is 55.3. The molecule has 2 N–H and O–H groups in total. The van der Waals surface area contributed by atoms with E-state index in [0.717, 1.165) is 31.4 Å². The van der Waals surface area contributed by atoms with Crippen LogP contribution in [0.25, 0.3) is 0 Å². The molecule has 0 fully saturated rings. The SMILES string of the molecule is C=CCCCCCCCCC=CCCCNc1c(F)cc(C(=O)NS(=O)(=O)c2ccccc2)cc1F. The van der Waals surface area contributed by atoms with E-state index in [9.17, 15) is 22.0 Å². The van der Waals surface area contributed by atoms with Crippen molar-refractivity contribution >= 4 is 21.6 Å². The van der Waals surface area contributed by atoms with Crippen LogP contribution < -0.4 is 10.0 Å². The summed E-state index contributed by atoms with van der Waals surface area (Å²) in [6.45, 7) is 4.09. The third-order valence-corrected chi connectivity index (χ3v) is 6.98. The Morgan fingerprint density at radius 3 is 2.00 bits per heavy atom. The predicted molar refractivity (Wildman–Crippen MR) is 141 cm³/mol. The van der Waals surface area contributed by atoms with Crippen LogP contribution in [-0.4, -0.2) is 20.9 Å². The van der Waals surface area contributed by atoms with E-state index in [-0.39, 0.29) is 10.6 Å². The number of allylic oxidation sites excluding steroid dienone is 3. The van der Waals surface area contributed by atoms with Crippen LogP contribution in [0.3, 0.4) is 0 Å². The molecule has 0 bridgehead atoms. The molecule has 0 radical (unpaired) electrons. The number of nitrogens with one attached hydrogen (secondary N) is 2. The zero-order chi connectivity index (χ0) is 26.2. The number of anilines is 1. The first kappa shape index (κ1) is 29.2. The number of carbonyl (C=O) groups excluding carboxylic acids is 1. The molecule has 0 saturated carbocycles. The lowest BCUT2D eigenvalue weighted by Crippen LogP contribution is -2.30. The summed E-state index contributed by atoms with van der Waals surface area (Å²) in [5, 5.41) is 2.72. The van der Waals surface area contributed by atoms with Crippen molar-refractivity contribution in [1.82, 2.24) is 4.72 Å². The normalized spacial score (nSPS) is 11.5. The molecule has 5 nitrogen and oxygen atoms in total. The van der Waals surface area contributed by atoms with Gasteiger partial charge in [-0.15, -0.1) is 6.58 Å². The van der Waals surface area contributed by atoms with Gasteiger partial charge in [0, 0.05) is 12.1 Å². The lowest BCUT2D eigenvalue weighted by molar-refractivity contribution is 0.0980. The van der Waals surface area contributed by atoms with Gasteiger partial charge in [-0.3, -0.25) is 4.79 Å². The number of halogens is 2. The van der Waals surface area contributed by atoms with Gasteiger partial charge in [-0.2, -0.15) is 0 Å². The monoisotopic (exact) mass is 518 g/mol. The molecule has 36 heavy (non-hydrogen) atoms. The van der Waals surface area contributed by atoms with E-state index >= 15 is 0 Å². The number of carbonyl (C=O) groups is 1. The van der Waals surface area contributed by atoms with Gasteiger partial charge in [0.2, 0.25) is 0 Å². The maximum absolute atomic E-state index is 14.4. The van der Waals surface area contributed by atoms with Crippen molar-refractivity contribution in [2.75, 3.05) is 11.9 Å². The highest BCUT2D eigenvalue weighted by atomic mass is 32.2. The van der Waals surface area contributed by atoms with Crippen LogP contribution in [0, 0.1) is 11.6 Å². The van der Waals surface area contributed by atoms with Crippen molar-refractivity contribution < 1.29 is 22.0 Å². The van der Waals surface area contributed by atoms with Crippen LogP contribution in [0.4, 0.5) is 14.5 Å². The van der Waals surface area contributed by atoms with Gasteiger partial charge >= 0.3 is 0 Å². The maximum atomic E-state index is 14.4. The molecular formula is C28H36F2N2O3S. The number of amides is 1.